The highest BCUT2D eigenvalue weighted by Gasteiger charge is 2.26. The van der Waals surface area contributed by atoms with Crippen molar-refractivity contribution in [1.82, 2.24) is 14.8 Å². The number of benzene rings is 1. The first-order valence-electron chi connectivity index (χ1n) is 6.06. The van der Waals surface area contributed by atoms with Gasteiger partial charge in [0.05, 0.1) is 5.92 Å². The summed E-state index contributed by atoms with van der Waals surface area (Å²) in [5, 5.41) is 13.4. The smallest absolute Gasteiger partial charge is 0.307 e. The Morgan fingerprint density at radius 3 is 2.79 bits per heavy atom. The Labute approximate surface area is 108 Å². The lowest BCUT2D eigenvalue weighted by Crippen LogP contribution is -2.26. The van der Waals surface area contributed by atoms with Crippen molar-refractivity contribution in [3.8, 4) is 11.4 Å². The van der Waals surface area contributed by atoms with Crippen LogP contribution < -0.4 is 0 Å². The minimum atomic E-state index is -0.794. The topological polar surface area (TPSA) is 68.0 Å². The van der Waals surface area contributed by atoms with Crippen molar-refractivity contribution in [2.75, 3.05) is 0 Å². The zero-order valence-electron chi connectivity index (χ0n) is 10.1. The number of aliphatic carboxylic acids is 1. The van der Waals surface area contributed by atoms with E-state index in [-0.39, 0.29) is 5.82 Å². The normalized spacial score (nSPS) is 18.1. The Hall–Kier alpha value is -2.24. The highest BCUT2D eigenvalue weighted by atomic mass is 19.1. The number of fused-ring (bicyclic) bond motifs is 1. The Morgan fingerprint density at radius 2 is 2.11 bits per heavy atom. The molecule has 1 atom stereocenters. The van der Waals surface area contributed by atoms with E-state index in [2.05, 4.69) is 10.1 Å². The molecule has 1 aromatic heterocycles. The third-order valence-electron chi connectivity index (χ3n) is 3.32. The summed E-state index contributed by atoms with van der Waals surface area (Å²) < 4.78 is 14.6. The summed E-state index contributed by atoms with van der Waals surface area (Å²) in [6.45, 7) is 0.556. The SMILES string of the molecule is O=C(O)C1CCn2nc(-c3ccc(F)cc3)nc2C1. The largest absolute Gasteiger partial charge is 0.481 e. The second kappa shape index (κ2) is 4.46. The van der Waals surface area contributed by atoms with E-state index in [9.17, 15) is 9.18 Å². The van der Waals surface area contributed by atoms with Gasteiger partial charge in [0.25, 0.3) is 0 Å². The van der Waals surface area contributed by atoms with Gasteiger partial charge in [-0.2, -0.15) is 5.10 Å². The molecule has 0 fully saturated rings. The Kier molecular flexibility index (Phi) is 2.77. The molecule has 98 valence electrons. The molecule has 0 saturated carbocycles. The molecule has 6 heteroatoms. The summed E-state index contributed by atoms with van der Waals surface area (Å²) in [6.07, 6.45) is 0.956. The minimum Gasteiger partial charge on any atom is -0.481 e. The Bertz CT molecular complexity index is 621. The van der Waals surface area contributed by atoms with Crippen LogP contribution in [0.4, 0.5) is 4.39 Å². The molecule has 0 aliphatic carbocycles. The van der Waals surface area contributed by atoms with E-state index >= 15 is 0 Å². The highest BCUT2D eigenvalue weighted by Crippen LogP contribution is 2.23. The molecule has 0 saturated heterocycles. The van der Waals surface area contributed by atoms with E-state index in [1.165, 1.54) is 12.1 Å². The highest BCUT2D eigenvalue weighted by molar-refractivity contribution is 5.70. The Morgan fingerprint density at radius 1 is 1.37 bits per heavy atom. The van der Waals surface area contributed by atoms with Gasteiger partial charge in [-0.1, -0.05) is 0 Å². The van der Waals surface area contributed by atoms with Crippen LogP contribution in [0.2, 0.25) is 0 Å². The van der Waals surface area contributed by atoms with Crippen LogP contribution in [0.15, 0.2) is 24.3 Å². The molecular formula is C13H12FN3O2. The average Bonchev–Trinajstić information content (AvgIpc) is 2.82. The van der Waals surface area contributed by atoms with Crippen molar-refractivity contribution < 1.29 is 14.3 Å². The molecule has 1 aliphatic rings. The van der Waals surface area contributed by atoms with Gasteiger partial charge in [-0.15, -0.1) is 0 Å². The van der Waals surface area contributed by atoms with Crippen molar-refractivity contribution >= 4 is 5.97 Å². The number of carboxylic acid groups (broad SMARTS) is 1. The molecule has 0 amide bonds. The molecule has 1 unspecified atom stereocenters. The van der Waals surface area contributed by atoms with E-state index in [0.717, 1.165) is 5.56 Å². The zero-order valence-corrected chi connectivity index (χ0v) is 10.1. The van der Waals surface area contributed by atoms with Crippen molar-refractivity contribution in [2.24, 2.45) is 5.92 Å². The molecule has 19 heavy (non-hydrogen) atoms. The number of carbonyl (C=O) groups is 1. The van der Waals surface area contributed by atoms with Gasteiger partial charge in [0.1, 0.15) is 11.6 Å². The second-order valence-electron chi connectivity index (χ2n) is 4.61. The van der Waals surface area contributed by atoms with Crippen LogP contribution in [-0.2, 0) is 17.8 Å². The lowest BCUT2D eigenvalue weighted by atomic mass is 9.98. The standard InChI is InChI=1S/C13H12FN3O2/c14-10-3-1-8(2-4-10)12-15-11-7-9(13(18)19)5-6-17(11)16-12/h1-4,9H,5-7H2,(H,18,19). The molecule has 3 rings (SSSR count). The van der Waals surface area contributed by atoms with Crippen LogP contribution in [0.25, 0.3) is 11.4 Å². The fraction of sp³-hybridized carbons (Fsp3) is 0.308. The monoisotopic (exact) mass is 261 g/mol. The Balaban J connectivity index is 1.91. The number of aromatic nitrogens is 3. The van der Waals surface area contributed by atoms with Gasteiger partial charge in [0.2, 0.25) is 0 Å². The summed E-state index contributed by atoms with van der Waals surface area (Å²) in [5.74, 6) is -0.298. The maximum absolute atomic E-state index is 12.9. The number of rotatable bonds is 2. The number of aryl methyl sites for hydroxylation is 1. The molecule has 2 heterocycles. The van der Waals surface area contributed by atoms with E-state index in [0.29, 0.717) is 31.0 Å². The molecule has 0 bridgehead atoms. The van der Waals surface area contributed by atoms with Crippen LogP contribution in [0.3, 0.4) is 0 Å². The number of halogens is 1. The van der Waals surface area contributed by atoms with Crippen molar-refractivity contribution in [3.05, 3.63) is 35.9 Å². The van der Waals surface area contributed by atoms with E-state index in [4.69, 9.17) is 5.11 Å². The van der Waals surface area contributed by atoms with Crippen LogP contribution in [0, 0.1) is 11.7 Å². The maximum atomic E-state index is 12.9. The van der Waals surface area contributed by atoms with Crippen LogP contribution in [0.5, 0.6) is 0 Å². The zero-order chi connectivity index (χ0) is 13.4. The molecule has 1 N–H and O–H groups in total. The summed E-state index contributed by atoms with van der Waals surface area (Å²) in [4.78, 5) is 15.3. The number of nitrogens with zero attached hydrogens (tertiary/aromatic N) is 3. The summed E-state index contributed by atoms with van der Waals surface area (Å²) in [7, 11) is 0. The molecule has 1 aromatic carbocycles. The van der Waals surface area contributed by atoms with Gasteiger partial charge >= 0.3 is 5.97 Å². The first kappa shape index (κ1) is 11.8. The fourth-order valence-corrected chi connectivity index (χ4v) is 2.24. The lowest BCUT2D eigenvalue weighted by Gasteiger charge is -2.17. The van der Waals surface area contributed by atoms with Gasteiger partial charge in [-0.3, -0.25) is 4.79 Å². The first-order valence-corrected chi connectivity index (χ1v) is 6.06. The number of carboxylic acids is 1. The fourth-order valence-electron chi connectivity index (χ4n) is 2.24. The predicted molar refractivity (Wildman–Crippen MR) is 64.9 cm³/mol. The number of hydrogen-bond acceptors (Lipinski definition) is 3. The van der Waals surface area contributed by atoms with Crippen LogP contribution in [-0.4, -0.2) is 25.8 Å². The molecular weight excluding hydrogens is 249 g/mol. The summed E-state index contributed by atoms with van der Waals surface area (Å²) >= 11 is 0. The maximum Gasteiger partial charge on any atom is 0.307 e. The molecule has 5 nitrogen and oxygen atoms in total. The van der Waals surface area contributed by atoms with Crippen LogP contribution >= 0.6 is 0 Å². The van der Waals surface area contributed by atoms with Gasteiger partial charge in [-0.05, 0) is 30.7 Å². The van der Waals surface area contributed by atoms with E-state index < -0.39 is 11.9 Å². The average molecular weight is 261 g/mol. The molecule has 2 aromatic rings. The van der Waals surface area contributed by atoms with Crippen molar-refractivity contribution in [3.63, 3.8) is 0 Å². The predicted octanol–water partition coefficient (Wildman–Crippen LogP) is 1.73. The van der Waals surface area contributed by atoms with Gasteiger partial charge in [-0.25, -0.2) is 14.1 Å². The summed E-state index contributed by atoms with van der Waals surface area (Å²) in [6, 6.07) is 5.95. The molecule has 0 spiro atoms. The van der Waals surface area contributed by atoms with Gasteiger partial charge in [0.15, 0.2) is 5.82 Å². The summed E-state index contributed by atoms with van der Waals surface area (Å²) in [5.41, 5.74) is 0.732. The van der Waals surface area contributed by atoms with Crippen molar-refractivity contribution in [1.29, 1.82) is 0 Å². The van der Waals surface area contributed by atoms with Gasteiger partial charge < -0.3 is 5.11 Å². The lowest BCUT2D eigenvalue weighted by molar-refractivity contribution is -0.142. The minimum absolute atomic E-state index is 0.307. The number of hydrogen-bond donors (Lipinski definition) is 1. The van der Waals surface area contributed by atoms with Gasteiger partial charge in [0, 0.05) is 18.5 Å². The molecule has 1 aliphatic heterocycles. The van der Waals surface area contributed by atoms with E-state index in [1.54, 1.807) is 16.8 Å². The first-order chi connectivity index (χ1) is 9.13. The third kappa shape index (κ3) is 2.21. The van der Waals surface area contributed by atoms with Crippen LogP contribution in [0.1, 0.15) is 12.2 Å². The quantitative estimate of drug-likeness (QED) is 0.894. The third-order valence-corrected chi connectivity index (χ3v) is 3.32. The van der Waals surface area contributed by atoms with Crippen molar-refractivity contribution in [2.45, 2.75) is 19.4 Å². The molecule has 0 radical (unpaired) electrons. The van der Waals surface area contributed by atoms with E-state index in [1.807, 2.05) is 0 Å². The second-order valence-corrected chi connectivity index (χ2v) is 4.61.